The number of hydrogen-bond donors (Lipinski definition) is 2. The second-order valence-electron chi connectivity index (χ2n) is 2.63. The predicted octanol–water partition coefficient (Wildman–Crippen LogP) is 0.0693. The molecule has 78 valence electrons. The fourth-order valence-corrected chi connectivity index (χ4v) is 1.34. The summed E-state index contributed by atoms with van der Waals surface area (Å²) >= 11 is 0. The van der Waals surface area contributed by atoms with Crippen LogP contribution in [0.1, 0.15) is 20.3 Å². The maximum Gasteiger partial charge on any atom is 0.188 e. The summed E-state index contributed by atoms with van der Waals surface area (Å²) in [6, 6.07) is 0. The van der Waals surface area contributed by atoms with Crippen LogP contribution in [0.25, 0.3) is 0 Å². The van der Waals surface area contributed by atoms with E-state index in [2.05, 4.69) is 10.3 Å². The minimum Gasteiger partial charge on any atom is -0.370 e. The van der Waals surface area contributed by atoms with Crippen molar-refractivity contribution in [1.29, 1.82) is 0 Å². The van der Waals surface area contributed by atoms with Gasteiger partial charge in [-0.2, -0.15) is 0 Å². The van der Waals surface area contributed by atoms with Crippen molar-refractivity contribution in [3.8, 4) is 0 Å². The Morgan fingerprint density at radius 2 is 2.23 bits per heavy atom. The van der Waals surface area contributed by atoms with Crippen LogP contribution in [0.3, 0.4) is 0 Å². The minimum atomic E-state index is -0.722. The zero-order valence-corrected chi connectivity index (χ0v) is 9.19. The molecule has 0 aliphatic rings. The molecule has 0 heterocycles. The molecule has 4 nitrogen and oxygen atoms in total. The van der Waals surface area contributed by atoms with Gasteiger partial charge in [0.15, 0.2) is 5.96 Å². The van der Waals surface area contributed by atoms with E-state index in [0.29, 0.717) is 24.0 Å². The van der Waals surface area contributed by atoms with E-state index in [-0.39, 0.29) is 0 Å². The first-order valence-corrected chi connectivity index (χ1v) is 6.08. The van der Waals surface area contributed by atoms with Gasteiger partial charge in [0.2, 0.25) is 0 Å². The minimum absolute atomic E-state index is 0.454. The first kappa shape index (κ1) is 12.4. The fourth-order valence-electron chi connectivity index (χ4n) is 0.725. The molecule has 13 heavy (non-hydrogen) atoms. The summed E-state index contributed by atoms with van der Waals surface area (Å²) in [5.41, 5.74) is 5.53. The Morgan fingerprint density at radius 1 is 1.54 bits per heavy atom. The number of aliphatic imine (C=N–C) groups is 1. The van der Waals surface area contributed by atoms with Gasteiger partial charge in [0.05, 0.1) is 0 Å². The van der Waals surface area contributed by atoms with Gasteiger partial charge in [-0.25, -0.2) is 0 Å². The van der Waals surface area contributed by atoms with E-state index in [1.165, 1.54) is 0 Å². The number of guanidine groups is 1. The lowest BCUT2D eigenvalue weighted by molar-refractivity contribution is 0.682. The van der Waals surface area contributed by atoms with Crippen molar-refractivity contribution in [3.63, 3.8) is 0 Å². The monoisotopic (exact) mass is 205 g/mol. The van der Waals surface area contributed by atoms with Crippen LogP contribution in [-0.2, 0) is 10.8 Å². The highest BCUT2D eigenvalue weighted by Gasteiger charge is 1.95. The second-order valence-corrected chi connectivity index (χ2v) is 4.49. The summed E-state index contributed by atoms with van der Waals surface area (Å²) in [5.74, 6) is 1.79. The van der Waals surface area contributed by atoms with Gasteiger partial charge in [0.1, 0.15) is 0 Å². The third-order valence-corrected chi connectivity index (χ3v) is 2.77. The van der Waals surface area contributed by atoms with E-state index >= 15 is 0 Å². The summed E-state index contributed by atoms with van der Waals surface area (Å²) in [4.78, 5) is 4.05. The van der Waals surface area contributed by atoms with Gasteiger partial charge in [-0.05, 0) is 6.42 Å². The van der Waals surface area contributed by atoms with Gasteiger partial charge in [-0.3, -0.25) is 9.20 Å². The van der Waals surface area contributed by atoms with Crippen LogP contribution in [0.2, 0.25) is 0 Å². The van der Waals surface area contributed by atoms with Gasteiger partial charge >= 0.3 is 0 Å². The van der Waals surface area contributed by atoms with Crippen molar-refractivity contribution in [3.05, 3.63) is 0 Å². The van der Waals surface area contributed by atoms with Gasteiger partial charge in [-0.15, -0.1) is 0 Å². The van der Waals surface area contributed by atoms with Crippen LogP contribution in [-0.4, -0.2) is 34.8 Å². The molecule has 3 N–H and O–H groups in total. The predicted molar refractivity (Wildman–Crippen MR) is 58.3 cm³/mol. The third-order valence-electron chi connectivity index (χ3n) is 1.46. The lowest BCUT2D eigenvalue weighted by atomic mass is 10.5. The van der Waals surface area contributed by atoms with E-state index in [4.69, 9.17) is 5.73 Å². The van der Waals surface area contributed by atoms with Gasteiger partial charge in [0.25, 0.3) is 0 Å². The SMILES string of the molecule is CCCN=C(N)NCCS(=O)CC. The standard InChI is InChI=1S/C8H19N3OS/c1-3-5-10-8(9)11-6-7-13(12)4-2/h3-7H2,1-2H3,(H3,9,10,11). The van der Waals surface area contributed by atoms with Crippen molar-refractivity contribution in [2.24, 2.45) is 10.7 Å². The molecule has 5 heteroatoms. The van der Waals surface area contributed by atoms with Gasteiger partial charge < -0.3 is 11.1 Å². The van der Waals surface area contributed by atoms with Crippen LogP contribution in [0, 0.1) is 0 Å². The molecule has 0 bridgehead atoms. The lowest BCUT2D eigenvalue weighted by Crippen LogP contribution is -2.34. The zero-order chi connectivity index (χ0) is 10.1. The normalized spacial score (nSPS) is 14.2. The van der Waals surface area contributed by atoms with E-state index < -0.39 is 10.8 Å². The number of nitrogens with two attached hydrogens (primary N) is 1. The Bertz CT molecular complexity index is 182. The van der Waals surface area contributed by atoms with Crippen molar-refractivity contribution in [1.82, 2.24) is 5.32 Å². The molecule has 0 rings (SSSR count). The number of rotatable bonds is 6. The average Bonchev–Trinajstić information content (AvgIpc) is 2.14. The molecule has 0 spiro atoms. The molecular formula is C8H19N3OS. The molecule has 1 atom stereocenters. The van der Waals surface area contributed by atoms with Gasteiger partial charge in [-0.1, -0.05) is 13.8 Å². The Kier molecular flexibility index (Phi) is 7.68. The molecule has 0 amide bonds. The summed E-state index contributed by atoms with van der Waals surface area (Å²) < 4.78 is 11.0. The quantitative estimate of drug-likeness (QED) is 0.476. The zero-order valence-electron chi connectivity index (χ0n) is 8.38. The molecule has 1 unspecified atom stereocenters. The van der Waals surface area contributed by atoms with E-state index in [9.17, 15) is 4.21 Å². The second kappa shape index (κ2) is 8.04. The van der Waals surface area contributed by atoms with Gasteiger partial charge in [0, 0.05) is 35.4 Å². The first-order chi connectivity index (χ1) is 6.20. The Balaban J connectivity index is 3.46. The van der Waals surface area contributed by atoms with Crippen LogP contribution in [0.15, 0.2) is 4.99 Å². The highest BCUT2D eigenvalue weighted by molar-refractivity contribution is 7.84. The number of nitrogens with one attached hydrogen (secondary N) is 1. The Hall–Kier alpha value is -0.580. The lowest BCUT2D eigenvalue weighted by Gasteiger charge is -2.03. The molecule has 0 radical (unpaired) electrons. The molecule has 0 aromatic heterocycles. The number of nitrogens with zero attached hydrogens (tertiary/aromatic N) is 1. The molecule has 0 aliphatic carbocycles. The summed E-state index contributed by atoms with van der Waals surface area (Å²) in [7, 11) is -0.722. The largest absolute Gasteiger partial charge is 0.370 e. The molecule has 0 saturated heterocycles. The molecule has 0 aromatic carbocycles. The van der Waals surface area contributed by atoms with Crippen molar-refractivity contribution < 1.29 is 4.21 Å². The van der Waals surface area contributed by atoms with Crippen LogP contribution < -0.4 is 11.1 Å². The molecule has 0 saturated carbocycles. The maximum atomic E-state index is 11.0. The number of hydrogen-bond acceptors (Lipinski definition) is 2. The van der Waals surface area contributed by atoms with Crippen molar-refractivity contribution in [2.75, 3.05) is 24.6 Å². The first-order valence-electron chi connectivity index (χ1n) is 4.59. The third kappa shape index (κ3) is 7.77. The van der Waals surface area contributed by atoms with Crippen molar-refractivity contribution in [2.45, 2.75) is 20.3 Å². The molecule has 0 fully saturated rings. The molecular weight excluding hydrogens is 186 g/mol. The fraction of sp³-hybridized carbons (Fsp3) is 0.875. The highest BCUT2D eigenvalue weighted by Crippen LogP contribution is 1.80. The smallest absolute Gasteiger partial charge is 0.188 e. The Labute approximate surface area is 82.5 Å². The highest BCUT2D eigenvalue weighted by atomic mass is 32.2. The average molecular weight is 205 g/mol. The topological polar surface area (TPSA) is 67.5 Å². The summed E-state index contributed by atoms with van der Waals surface area (Å²) in [5, 5.41) is 2.92. The van der Waals surface area contributed by atoms with E-state index in [1.54, 1.807) is 0 Å². The molecule has 0 aliphatic heterocycles. The summed E-state index contributed by atoms with van der Waals surface area (Å²) in [6.45, 7) is 5.34. The molecule has 0 aromatic rings. The summed E-state index contributed by atoms with van der Waals surface area (Å²) in [6.07, 6.45) is 0.989. The van der Waals surface area contributed by atoms with E-state index in [0.717, 1.165) is 13.0 Å². The Morgan fingerprint density at radius 3 is 2.77 bits per heavy atom. The van der Waals surface area contributed by atoms with Crippen LogP contribution in [0.5, 0.6) is 0 Å². The maximum absolute atomic E-state index is 11.0. The van der Waals surface area contributed by atoms with E-state index in [1.807, 2.05) is 13.8 Å². The van der Waals surface area contributed by atoms with Crippen LogP contribution in [0.4, 0.5) is 0 Å². The van der Waals surface area contributed by atoms with Crippen molar-refractivity contribution >= 4 is 16.8 Å². The van der Waals surface area contributed by atoms with Crippen LogP contribution >= 0.6 is 0 Å².